The van der Waals surface area contributed by atoms with Gasteiger partial charge < -0.3 is 9.80 Å². The average Bonchev–Trinajstić information content (AvgIpc) is 3.37. The first-order valence-corrected chi connectivity index (χ1v) is 22.0. The van der Waals surface area contributed by atoms with Crippen LogP contribution in [0.4, 0.5) is 34.1 Å². The van der Waals surface area contributed by atoms with Gasteiger partial charge in [-0.1, -0.05) is 206 Å². The summed E-state index contributed by atoms with van der Waals surface area (Å²) in [5.74, 6) is 0. The van der Waals surface area contributed by atoms with Crippen molar-refractivity contribution < 1.29 is 0 Å². The van der Waals surface area contributed by atoms with Gasteiger partial charge in [0.05, 0.1) is 22.7 Å². The first-order chi connectivity index (χ1) is 31.8. The Morgan fingerprint density at radius 1 is 0.219 bits per heavy atom. The van der Waals surface area contributed by atoms with E-state index in [2.05, 4.69) is 265 Å². The van der Waals surface area contributed by atoms with Crippen LogP contribution in [0.1, 0.15) is 0 Å². The molecule has 0 N–H and O–H groups in total. The number of fused-ring (bicyclic) bond motifs is 7. The lowest BCUT2D eigenvalue weighted by atomic mass is 9.92. The monoisotopic (exact) mass is 814 g/mol. The van der Waals surface area contributed by atoms with E-state index < -0.39 is 0 Å². The van der Waals surface area contributed by atoms with Crippen molar-refractivity contribution >= 4 is 88.0 Å². The average molecular weight is 815 g/mol. The quantitative estimate of drug-likeness (QED) is 0.141. The summed E-state index contributed by atoms with van der Waals surface area (Å²) in [5.41, 5.74) is 11.3. The minimum atomic E-state index is 1.10. The molecular formula is C62H42N2. The van der Waals surface area contributed by atoms with Crippen molar-refractivity contribution in [3.63, 3.8) is 0 Å². The Morgan fingerprint density at radius 2 is 0.578 bits per heavy atom. The first kappa shape index (κ1) is 37.3. The van der Waals surface area contributed by atoms with E-state index in [1.165, 1.54) is 70.7 Å². The molecule has 0 bridgehead atoms. The zero-order valence-electron chi connectivity index (χ0n) is 35.1. The van der Waals surface area contributed by atoms with Crippen molar-refractivity contribution in [3.05, 3.63) is 255 Å². The lowest BCUT2D eigenvalue weighted by Crippen LogP contribution is -2.13. The van der Waals surface area contributed by atoms with Crippen molar-refractivity contribution in [2.24, 2.45) is 0 Å². The minimum absolute atomic E-state index is 1.10. The fourth-order valence-corrected chi connectivity index (χ4v) is 9.82. The van der Waals surface area contributed by atoms with Crippen LogP contribution in [0.5, 0.6) is 0 Å². The number of rotatable bonds is 8. The number of nitrogens with zero attached hydrogens (tertiary/aromatic N) is 2. The van der Waals surface area contributed by atoms with Crippen LogP contribution in [-0.2, 0) is 0 Å². The smallest absolute Gasteiger partial charge is 0.0546 e. The number of para-hydroxylation sites is 2. The molecule has 0 unspecified atom stereocenters. The molecule has 0 atom stereocenters. The molecule has 0 heterocycles. The Bertz CT molecular complexity index is 3450. The van der Waals surface area contributed by atoms with Gasteiger partial charge in [-0.3, -0.25) is 0 Å². The third kappa shape index (κ3) is 6.44. The molecule has 0 amide bonds. The van der Waals surface area contributed by atoms with Gasteiger partial charge in [-0.25, -0.2) is 0 Å². The summed E-state index contributed by atoms with van der Waals surface area (Å²) >= 11 is 0. The van der Waals surface area contributed by atoms with E-state index in [1.807, 2.05) is 0 Å². The van der Waals surface area contributed by atoms with Crippen LogP contribution in [0.3, 0.4) is 0 Å². The SMILES string of the molecule is c1ccc(-c2ccccc2N(c2ccc3ccccc3c2)c2cc3cc(N(c4ccc5ccccc5c4)c4ccccc4-c4ccccc4)c4ccccc4c3c3ccccc23)cc1. The second-order valence-corrected chi connectivity index (χ2v) is 16.5. The van der Waals surface area contributed by atoms with Crippen LogP contribution >= 0.6 is 0 Å². The summed E-state index contributed by atoms with van der Waals surface area (Å²) in [6.45, 7) is 0. The Kier molecular flexibility index (Phi) is 9.20. The standard InChI is InChI=1S/C62H42N2/c1-3-21-45(22-4-1)52-27-15-17-33-58(52)63(50-37-35-43-19-7-9-25-47(43)39-50)60-41-49-42-61(55-30-12-14-32-57(55)62(49)56-31-13-11-29-54(56)60)64(51-38-36-44-20-8-10-26-48(44)40-51)59-34-18-16-28-53(59)46-23-5-2-6-24-46/h1-42H. The minimum Gasteiger partial charge on any atom is -0.309 e. The highest BCUT2D eigenvalue weighted by molar-refractivity contribution is 6.26. The maximum absolute atomic E-state index is 2.48. The van der Waals surface area contributed by atoms with Crippen LogP contribution in [0.15, 0.2) is 255 Å². The number of benzene rings is 12. The molecule has 2 nitrogen and oxygen atoms in total. The van der Waals surface area contributed by atoms with Gasteiger partial charge in [0, 0.05) is 33.3 Å². The summed E-state index contributed by atoms with van der Waals surface area (Å²) in [4.78, 5) is 4.97. The van der Waals surface area contributed by atoms with E-state index in [-0.39, 0.29) is 0 Å². The van der Waals surface area contributed by atoms with Crippen LogP contribution in [0, 0.1) is 0 Å². The van der Waals surface area contributed by atoms with Gasteiger partial charge in [-0.15, -0.1) is 0 Å². The summed E-state index contributed by atoms with van der Waals surface area (Å²) in [5, 5.41) is 12.0. The molecule has 12 rings (SSSR count). The van der Waals surface area contributed by atoms with Gasteiger partial charge in [0.15, 0.2) is 0 Å². The number of hydrogen-bond acceptors (Lipinski definition) is 2. The van der Waals surface area contributed by atoms with Crippen molar-refractivity contribution in [2.75, 3.05) is 9.80 Å². The van der Waals surface area contributed by atoms with Crippen molar-refractivity contribution in [2.45, 2.75) is 0 Å². The predicted octanol–water partition coefficient (Wildman–Crippen LogP) is 17.7. The van der Waals surface area contributed by atoms with Crippen LogP contribution in [-0.4, -0.2) is 0 Å². The fourth-order valence-electron chi connectivity index (χ4n) is 9.82. The summed E-state index contributed by atoms with van der Waals surface area (Å²) in [6, 6.07) is 93.0. The maximum Gasteiger partial charge on any atom is 0.0546 e. The number of anilines is 6. The molecular weight excluding hydrogens is 773 g/mol. The van der Waals surface area contributed by atoms with E-state index in [9.17, 15) is 0 Å². The summed E-state index contributed by atoms with van der Waals surface area (Å²) in [7, 11) is 0. The molecule has 300 valence electrons. The van der Waals surface area contributed by atoms with Crippen LogP contribution < -0.4 is 9.80 Å². The molecule has 0 aliphatic heterocycles. The highest BCUT2D eigenvalue weighted by Gasteiger charge is 2.25. The molecule has 0 spiro atoms. The fraction of sp³-hybridized carbons (Fsp3) is 0. The third-order valence-corrected chi connectivity index (χ3v) is 12.7. The predicted molar refractivity (Wildman–Crippen MR) is 274 cm³/mol. The Balaban J connectivity index is 1.19. The second-order valence-electron chi connectivity index (χ2n) is 16.5. The molecule has 12 aromatic carbocycles. The highest BCUT2D eigenvalue weighted by Crippen LogP contribution is 2.50. The second kappa shape index (κ2) is 15.8. The molecule has 0 saturated heterocycles. The van der Waals surface area contributed by atoms with Crippen LogP contribution in [0.25, 0.3) is 76.1 Å². The van der Waals surface area contributed by atoms with Crippen molar-refractivity contribution in [1.82, 2.24) is 0 Å². The molecule has 0 aliphatic carbocycles. The molecule has 12 aromatic rings. The normalized spacial score (nSPS) is 11.4. The lowest BCUT2D eigenvalue weighted by molar-refractivity contribution is 1.30. The van der Waals surface area contributed by atoms with E-state index in [0.717, 1.165) is 39.5 Å². The van der Waals surface area contributed by atoms with Gasteiger partial charge in [0.2, 0.25) is 0 Å². The molecule has 64 heavy (non-hydrogen) atoms. The van der Waals surface area contributed by atoms with Crippen molar-refractivity contribution in [3.8, 4) is 22.3 Å². The van der Waals surface area contributed by atoms with E-state index in [1.54, 1.807) is 0 Å². The third-order valence-electron chi connectivity index (χ3n) is 12.7. The lowest BCUT2D eigenvalue weighted by Gasteiger charge is -2.31. The van der Waals surface area contributed by atoms with Crippen molar-refractivity contribution in [1.29, 1.82) is 0 Å². The molecule has 0 fully saturated rings. The highest BCUT2D eigenvalue weighted by atomic mass is 15.2. The van der Waals surface area contributed by atoms with E-state index in [0.29, 0.717) is 0 Å². The Labute approximate surface area is 373 Å². The van der Waals surface area contributed by atoms with Gasteiger partial charge in [0.1, 0.15) is 0 Å². The number of hydrogen-bond donors (Lipinski definition) is 0. The molecule has 2 heteroatoms. The molecule has 0 saturated carbocycles. The Morgan fingerprint density at radius 3 is 1.03 bits per heavy atom. The molecule has 0 aliphatic rings. The van der Waals surface area contributed by atoms with E-state index in [4.69, 9.17) is 0 Å². The van der Waals surface area contributed by atoms with Crippen LogP contribution in [0.2, 0.25) is 0 Å². The van der Waals surface area contributed by atoms with Gasteiger partial charge in [-0.2, -0.15) is 0 Å². The van der Waals surface area contributed by atoms with Gasteiger partial charge in [0.25, 0.3) is 0 Å². The van der Waals surface area contributed by atoms with Gasteiger partial charge in [-0.05, 0) is 103 Å². The Hall–Kier alpha value is -8.46. The maximum atomic E-state index is 2.48. The summed E-state index contributed by atoms with van der Waals surface area (Å²) in [6.07, 6.45) is 0. The zero-order valence-corrected chi connectivity index (χ0v) is 35.1. The van der Waals surface area contributed by atoms with Gasteiger partial charge >= 0.3 is 0 Å². The first-order valence-electron chi connectivity index (χ1n) is 22.0. The molecule has 0 radical (unpaired) electrons. The zero-order chi connectivity index (χ0) is 42.4. The summed E-state index contributed by atoms with van der Waals surface area (Å²) < 4.78 is 0. The molecule has 0 aromatic heterocycles. The topological polar surface area (TPSA) is 6.48 Å². The van der Waals surface area contributed by atoms with E-state index >= 15 is 0 Å². The largest absolute Gasteiger partial charge is 0.309 e.